The van der Waals surface area contributed by atoms with E-state index in [4.69, 9.17) is 5.11 Å². The van der Waals surface area contributed by atoms with E-state index in [-0.39, 0.29) is 5.69 Å². The fourth-order valence-corrected chi connectivity index (χ4v) is 1.46. The fraction of sp³-hybridized carbons (Fsp3) is 0. The summed E-state index contributed by atoms with van der Waals surface area (Å²) in [5, 5.41) is 12.6. The first-order chi connectivity index (χ1) is 7.16. The van der Waals surface area contributed by atoms with E-state index in [0.717, 1.165) is 4.47 Å². The molecule has 0 aromatic carbocycles. The van der Waals surface area contributed by atoms with Gasteiger partial charge in [0.15, 0.2) is 5.69 Å². The molecule has 0 fully saturated rings. The normalized spacial score (nSPS) is 10.2. The minimum absolute atomic E-state index is 0.00924. The third-order valence-electron chi connectivity index (χ3n) is 1.76. The maximum absolute atomic E-state index is 10.6. The Kier molecular flexibility index (Phi) is 2.51. The van der Waals surface area contributed by atoms with Crippen molar-refractivity contribution in [3.05, 3.63) is 40.9 Å². The third-order valence-corrected chi connectivity index (χ3v) is 2.20. The molecule has 0 bridgehead atoms. The molecule has 1 N–H and O–H groups in total. The van der Waals surface area contributed by atoms with Crippen molar-refractivity contribution in [1.29, 1.82) is 0 Å². The summed E-state index contributed by atoms with van der Waals surface area (Å²) in [6, 6.07) is 3.23. The summed E-state index contributed by atoms with van der Waals surface area (Å²) in [4.78, 5) is 14.6. The van der Waals surface area contributed by atoms with Crippen LogP contribution in [0.2, 0.25) is 0 Å². The van der Waals surface area contributed by atoms with Crippen molar-refractivity contribution in [2.45, 2.75) is 0 Å². The van der Waals surface area contributed by atoms with Gasteiger partial charge in [0.1, 0.15) is 0 Å². The molecular weight excluding hydrogens is 262 g/mol. The second-order valence-corrected chi connectivity index (χ2v) is 3.73. The highest BCUT2D eigenvalue weighted by molar-refractivity contribution is 9.10. The standard InChI is InChI=1S/C9H6BrN3O2/c10-6-3-7(5-11-4-6)13-2-1-8(12-13)9(14)15/h1-5H,(H,14,15). The van der Waals surface area contributed by atoms with E-state index in [1.165, 1.54) is 10.7 Å². The van der Waals surface area contributed by atoms with Crippen LogP contribution in [0, 0.1) is 0 Å². The molecule has 2 aromatic heterocycles. The summed E-state index contributed by atoms with van der Waals surface area (Å²) in [7, 11) is 0. The van der Waals surface area contributed by atoms with Crippen LogP contribution in [0.25, 0.3) is 5.69 Å². The molecule has 2 heterocycles. The molecule has 0 radical (unpaired) electrons. The zero-order chi connectivity index (χ0) is 10.8. The second-order valence-electron chi connectivity index (χ2n) is 2.81. The molecule has 0 saturated heterocycles. The molecule has 0 amide bonds. The molecule has 5 nitrogen and oxygen atoms in total. The van der Waals surface area contributed by atoms with Crippen LogP contribution in [-0.2, 0) is 0 Å². The highest BCUT2D eigenvalue weighted by Crippen LogP contribution is 2.13. The number of carboxylic acids is 1. The van der Waals surface area contributed by atoms with Crippen molar-refractivity contribution in [3.63, 3.8) is 0 Å². The molecule has 0 atom stereocenters. The number of nitrogens with zero attached hydrogens (tertiary/aromatic N) is 3. The van der Waals surface area contributed by atoms with Gasteiger partial charge in [-0.3, -0.25) is 4.98 Å². The Balaban J connectivity index is 2.41. The Morgan fingerprint density at radius 3 is 2.87 bits per heavy atom. The van der Waals surface area contributed by atoms with E-state index >= 15 is 0 Å². The van der Waals surface area contributed by atoms with Gasteiger partial charge < -0.3 is 5.11 Å². The van der Waals surface area contributed by atoms with E-state index in [1.54, 1.807) is 24.7 Å². The van der Waals surface area contributed by atoms with E-state index < -0.39 is 5.97 Å². The van der Waals surface area contributed by atoms with Gasteiger partial charge in [-0.2, -0.15) is 5.10 Å². The molecule has 0 aliphatic heterocycles. The van der Waals surface area contributed by atoms with Gasteiger partial charge in [-0.05, 0) is 28.1 Å². The van der Waals surface area contributed by atoms with Gasteiger partial charge in [0, 0.05) is 16.9 Å². The van der Waals surface area contributed by atoms with Crippen LogP contribution in [0.3, 0.4) is 0 Å². The van der Waals surface area contributed by atoms with Crippen LogP contribution >= 0.6 is 15.9 Å². The maximum atomic E-state index is 10.6. The molecular formula is C9H6BrN3O2. The lowest BCUT2D eigenvalue weighted by atomic mass is 10.4. The van der Waals surface area contributed by atoms with Crippen LogP contribution in [0.4, 0.5) is 0 Å². The smallest absolute Gasteiger partial charge is 0.356 e. The molecule has 2 rings (SSSR count). The molecule has 6 heteroatoms. The Bertz CT molecular complexity index is 510. The van der Waals surface area contributed by atoms with Crippen LogP contribution in [0.1, 0.15) is 10.5 Å². The van der Waals surface area contributed by atoms with Gasteiger partial charge in [-0.15, -0.1) is 0 Å². The van der Waals surface area contributed by atoms with Crippen LogP contribution < -0.4 is 0 Å². The summed E-state index contributed by atoms with van der Waals surface area (Å²) in [6.07, 6.45) is 4.82. The number of hydrogen-bond donors (Lipinski definition) is 1. The summed E-state index contributed by atoms with van der Waals surface area (Å²) < 4.78 is 2.27. The number of carbonyl (C=O) groups is 1. The van der Waals surface area contributed by atoms with Crippen molar-refractivity contribution in [1.82, 2.24) is 14.8 Å². The molecule has 2 aromatic rings. The van der Waals surface area contributed by atoms with E-state index in [9.17, 15) is 4.79 Å². The number of rotatable bonds is 2. The van der Waals surface area contributed by atoms with Crippen molar-refractivity contribution in [2.24, 2.45) is 0 Å². The van der Waals surface area contributed by atoms with Crippen LogP contribution in [0.5, 0.6) is 0 Å². The summed E-state index contributed by atoms with van der Waals surface area (Å²) >= 11 is 3.28. The average molecular weight is 268 g/mol. The Labute approximate surface area is 93.5 Å². The lowest BCUT2D eigenvalue weighted by molar-refractivity contribution is 0.0690. The largest absolute Gasteiger partial charge is 0.476 e. The van der Waals surface area contributed by atoms with Gasteiger partial charge in [0.25, 0.3) is 0 Å². The molecule has 0 aliphatic rings. The highest BCUT2D eigenvalue weighted by atomic mass is 79.9. The topological polar surface area (TPSA) is 68.0 Å². The number of aromatic nitrogens is 3. The third kappa shape index (κ3) is 2.04. The van der Waals surface area contributed by atoms with Crippen molar-refractivity contribution >= 4 is 21.9 Å². The van der Waals surface area contributed by atoms with Gasteiger partial charge in [-0.1, -0.05) is 0 Å². The zero-order valence-corrected chi connectivity index (χ0v) is 9.05. The predicted octanol–water partition coefficient (Wildman–Crippen LogP) is 1.73. The lowest BCUT2D eigenvalue weighted by Gasteiger charge is -1.99. The maximum Gasteiger partial charge on any atom is 0.356 e. The molecule has 15 heavy (non-hydrogen) atoms. The molecule has 0 unspecified atom stereocenters. The van der Waals surface area contributed by atoms with Crippen LogP contribution in [-0.4, -0.2) is 25.8 Å². The first-order valence-corrected chi connectivity index (χ1v) is 4.86. The van der Waals surface area contributed by atoms with Crippen molar-refractivity contribution < 1.29 is 9.90 Å². The minimum Gasteiger partial charge on any atom is -0.476 e. The number of carboxylic acid groups (broad SMARTS) is 1. The van der Waals surface area contributed by atoms with Gasteiger partial charge in [-0.25, -0.2) is 9.48 Å². The predicted molar refractivity (Wildman–Crippen MR) is 56.0 cm³/mol. The first kappa shape index (κ1) is 9.85. The summed E-state index contributed by atoms with van der Waals surface area (Å²) in [6.45, 7) is 0. The van der Waals surface area contributed by atoms with E-state index in [0.29, 0.717) is 5.69 Å². The monoisotopic (exact) mass is 267 g/mol. The molecule has 0 spiro atoms. The number of pyridine rings is 1. The quantitative estimate of drug-likeness (QED) is 0.900. The van der Waals surface area contributed by atoms with Gasteiger partial charge in [0.05, 0.1) is 11.9 Å². The summed E-state index contributed by atoms with van der Waals surface area (Å²) in [5.41, 5.74) is 0.715. The minimum atomic E-state index is -1.04. The summed E-state index contributed by atoms with van der Waals surface area (Å²) in [5.74, 6) is -1.04. The zero-order valence-electron chi connectivity index (χ0n) is 7.46. The molecule has 0 saturated carbocycles. The second kappa shape index (κ2) is 3.82. The number of aromatic carboxylic acids is 1. The van der Waals surface area contributed by atoms with Crippen molar-refractivity contribution in [2.75, 3.05) is 0 Å². The molecule has 76 valence electrons. The Hall–Kier alpha value is -1.69. The highest BCUT2D eigenvalue weighted by Gasteiger charge is 2.07. The van der Waals surface area contributed by atoms with E-state index in [2.05, 4.69) is 26.0 Å². The van der Waals surface area contributed by atoms with Gasteiger partial charge >= 0.3 is 5.97 Å². The first-order valence-electron chi connectivity index (χ1n) is 4.07. The average Bonchev–Trinajstić information content (AvgIpc) is 2.66. The van der Waals surface area contributed by atoms with Gasteiger partial charge in [0.2, 0.25) is 0 Å². The Morgan fingerprint density at radius 2 is 2.27 bits per heavy atom. The SMILES string of the molecule is O=C(O)c1ccn(-c2cncc(Br)c2)n1. The Morgan fingerprint density at radius 1 is 1.47 bits per heavy atom. The van der Waals surface area contributed by atoms with E-state index in [1.807, 2.05) is 0 Å². The number of hydrogen-bond acceptors (Lipinski definition) is 3. The lowest BCUT2D eigenvalue weighted by Crippen LogP contribution is -2.01. The molecule has 0 aliphatic carbocycles. The fourth-order valence-electron chi connectivity index (χ4n) is 1.11. The number of halogens is 1. The van der Waals surface area contributed by atoms with Crippen LogP contribution in [0.15, 0.2) is 35.2 Å². The van der Waals surface area contributed by atoms with Crippen molar-refractivity contribution in [3.8, 4) is 5.69 Å².